The summed E-state index contributed by atoms with van der Waals surface area (Å²) in [5, 5.41) is 8.38. The molecule has 3 amide bonds. The number of hydrogen-bond acceptors (Lipinski definition) is 10. The Morgan fingerprint density at radius 3 is 2.35 bits per heavy atom. The van der Waals surface area contributed by atoms with E-state index in [9.17, 15) is 23.6 Å². The lowest BCUT2D eigenvalue weighted by molar-refractivity contribution is -0.329. The monoisotopic (exact) mass is 791 g/mol. The molecule has 2 aliphatic rings. The largest absolute Gasteiger partial charge is 0.496 e. The third-order valence-electron chi connectivity index (χ3n) is 9.92. The molecule has 0 saturated carbocycles. The van der Waals surface area contributed by atoms with Crippen LogP contribution in [-0.4, -0.2) is 87.6 Å². The van der Waals surface area contributed by atoms with Crippen LogP contribution in [0.4, 0.5) is 14.0 Å². The third kappa shape index (κ3) is 14.0. The Hall–Kier alpha value is -5.21. The lowest BCUT2D eigenvalue weighted by Crippen LogP contribution is -2.54. The minimum Gasteiger partial charge on any atom is -0.496 e. The zero-order valence-corrected chi connectivity index (χ0v) is 32.7. The number of carbonyl (C=O) groups is 4. The first-order valence-corrected chi connectivity index (χ1v) is 19.7. The predicted octanol–water partition coefficient (Wildman–Crippen LogP) is 5.96. The van der Waals surface area contributed by atoms with Gasteiger partial charge in [-0.25, -0.2) is 18.8 Å². The molecule has 13 nitrogen and oxygen atoms in total. The number of methoxy groups -OCH3 is 1. The van der Waals surface area contributed by atoms with Gasteiger partial charge >= 0.3 is 18.2 Å². The summed E-state index contributed by atoms with van der Waals surface area (Å²) in [4.78, 5) is 51.7. The molecule has 0 bridgehead atoms. The molecule has 2 saturated heterocycles. The summed E-state index contributed by atoms with van der Waals surface area (Å²) in [7, 11) is 1.60. The maximum absolute atomic E-state index is 13.3. The van der Waals surface area contributed by atoms with Gasteiger partial charge in [0.05, 0.1) is 25.9 Å². The van der Waals surface area contributed by atoms with Crippen molar-refractivity contribution in [2.45, 2.75) is 101 Å². The Morgan fingerprint density at radius 2 is 1.58 bits per heavy atom. The number of esters is 1. The number of ether oxygens (including phenoxy) is 6. The van der Waals surface area contributed by atoms with Gasteiger partial charge in [0.1, 0.15) is 30.3 Å². The van der Waals surface area contributed by atoms with E-state index in [1.54, 1.807) is 26.2 Å². The summed E-state index contributed by atoms with van der Waals surface area (Å²) in [6, 6.07) is 22.2. The molecule has 3 aromatic rings. The Morgan fingerprint density at radius 1 is 0.860 bits per heavy atom. The second-order valence-corrected chi connectivity index (χ2v) is 14.2. The molecule has 3 aromatic carbocycles. The molecule has 14 heteroatoms. The number of hydrogen-bond donors (Lipinski definition) is 3. The van der Waals surface area contributed by atoms with Crippen LogP contribution in [0.3, 0.4) is 0 Å². The summed E-state index contributed by atoms with van der Waals surface area (Å²) in [6.07, 6.45) is 1.19. The van der Waals surface area contributed by atoms with Gasteiger partial charge in [0, 0.05) is 45.2 Å². The fourth-order valence-electron chi connectivity index (χ4n) is 7.19. The van der Waals surface area contributed by atoms with E-state index in [4.69, 9.17) is 28.4 Å². The molecule has 3 N–H and O–H groups in total. The van der Waals surface area contributed by atoms with Crippen molar-refractivity contribution in [3.63, 3.8) is 0 Å². The fourth-order valence-corrected chi connectivity index (χ4v) is 7.19. The third-order valence-corrected chi connectivity index (χ3v) is 9.92. The van der Waals surface area contributed by atoms with Gasteiger partial charge in [-0.3, -0.25) is 4.79 Å². The molecule has 4 unspecified atom stereocenters. The molecule has 308 valence electrons. The summed E-state index contributed by atoms with van der Waals surface area (Å²) < 4.78 is 48.5. The number of alkyl carbamates (subject to hydrolysis) is 2. The van der Waals surface area contributed by atoms with Crippen LogP contribution in [0.2, 0.25) is 0 Å². The van der Waals surface area contributed by atoms with Gasteiger partial charge in [0.15, 0.2) is 5.79 Å². The summed E-state index contributed by atoms with van der Waals surface area (Å²) in [6.45, 7) is 2.52. The van der Waals surface area contributed by atoms with Crippen molar-refractivity contribution in [2.24, 2.45) is 0 Å². The van der Waals surface area contributed by atoms with E-state index >= 15 is 0 Å². The first-order chi connectivity index (χ1) is 27.6. The molecule has 5 rings (SSSR count). The molecular formula is C43H54FN3O10. The van der Waals surface area contributed by atoms with Crippen LogP contribution in [0.15, 0.2) is 78.9 Å². The van der Waals surface area contributed by atoms with Gasteiger partial charge < -0.3 is 44.4 Å². The first-order valence-electron chi connectivity index (χ1n) is 19.7. The summed E-state index contributed by atoms with van der Waals surface area (Å²) in [5.41, 5.74) is 2.70. The smallest absolute Gasteiger partial charge is 0.407 e. The standard InChI is InChI=1S/C43H54FN3O10/c1-3-53-40(49)37(26-31-10-5-4-6-11-31)47-39(48)20-19-34-27-36(55-42(51)46-24-21-30-15-17-33(44)18-16-30)28-43(56-34)23-9-13-35(57-43)29-54-41(50)45-25-22-32-12-7-8-14-38(32)52-2/h4-8,10-12,14-18,34-37H,3,9,13,19-29H2,1-2H3,(H,45,50)(H,46,51)(H,47,48)/t34?,35?,36?,37-,43?/m0/s1. The van der Waals surface area contributed by atoms with Crippen LogP contribution in [0, 0.1) is 5.82 Å². The molecule has 0 aromatic heterocycles. The highest BCUT2D eigenvalue weighted by Gasteiger charge is 2.47. The maximum Gasteiger partial charge on any atom is 0.407 e. The normalized spacial score (nSPS) is 20.8. The summed E-state index contributed by atoms with van der Waals surface area (Å²) in [5.74, 6) is -1.61. The highest BCUT2D eigenvalue weighted by molar-refractivity contribution is 5.84. The van der Waals surface area contributed by atoms with Gasteiger partial charge in [-0.2, -0.15) is 0 Å². The predicted molar refractivity (Wildman–Crippen MR) is 208 cm³/mol. The molecule has 1 spiro atoms. The first kappa shape index (κ1) is 42.9. The van der Waals surface area contributed by atoms with Gasteiger partial charge in [-0.1, -0.05) is 60.7 Å². The Bertz CT molecular complexity index is 1750. The number of para-hydroxylation sites is 1. The van der Waals surface area contributed by atoms with Gasteiger partial charge in [-0.05, 0) is 73.9 Å². The number of rotatable bonds is 18. The lowest BCUT2D eigenvalue weighted by atomic mass is 9.90. The zero-order chi connectivity index (χ0) is 40.5. The van der Waals surface area contributed by atoms with E-state index in [1.807, 2.05) is 54.6 Å². The lowest BCUT2D eigenvalue weighted by Gasteiger charge is -2.47. The van der Waals surface area contributed by atoms with Crippen LogP contribution in [0.1, 0.15) is 68.6 Å². The minimum absolute atomic E-state index is 0.00919. The molecule has 0 radical (unpaired) electrons. The molecule has 2 heterocycles. The van der Waals surface area contributed by atoms with Gasteiger partial charge in [-0.15, -0.1) is 0 Å². The molecular weight excluding hydrogens is 737 g/mol. The van der Waals surface area contributed by atoms with Crippen LogP contribution in [0.5, 0.6) is 5.75 Å². The van der Waals surface area contributed by atoms with Crippen LogP contribution < -0.4 is 20.7 Å². The van der Waals surface area contributed by atoms with E-state index in [1.165, 1.54) is 12.1 Å². The number of carbonyl (C=O) groups excluding carboxylic acids is 4. The SMILES string of the molecule is CCOC(=O)[C@H](Cc1ccccc1)NC(=O)CCC1CC(OC(=O)NCCc2ccc(F)cc2)CC2(CCCC(COC(=O)NCCc3ccccc3OC)O2)O1. The maximum atomic E-state index is 13.3. The Labute approximate surface area is 333 Å². The van der Waals surface area contributed by atoms with Crippen molar-refractivity contribution in [1.82, 2.24) is 16.0 Å². The van der Waals surface area contributed by atoms with E-state index in [0.717, 1.165) is 22.4 Å². The van der Waals surface area contributed by atoms with E-state index in [2.05, 4.69) is 16.0 Å². The van der Waals surface area contributed by atoms with Gasteiger partial charge in [0.25, 0.3) is 0 Å². The molecule has 5 atom stereocenters. The van der Waals surface area contributed by atoms with Crippen LogP contribution >= 0.6 is 0 Å². The fraction of sp³-hybridized carbons (Fsp3) is 0.488. The topological polar surface area (TPSA) is 160 Å². The molecule has 0 aliphatic carbocycles. The van der Waals surface area contributed by atoms with Crippen molar-refractivity contribution in [3.05, 3.63) is 101 Å². The molecule has 57 heavy (non-hydrogen) atoms. The van der Waals surface area contributed by atoms with Gasteiger partial charge in [0.2, 0.25) is 5.91 Å². The molecule has 2 fully saturated rings. The number of halogens is 1. The van der Waals surface area contributed by atoms with Crippen molar-refractivity contribution in [1.29, 1.82) is 0 Å². The van der Waals surface area contributed by atoms with Crippen molar-refractivity contribution in [3.8, 4) is 5.75 Å². The van der Waals surface area contributed by atoms with Crippen molar-refractivity contribution < 1.29 is 52.0 Å². The Kier molecular flexibility index (Phi) is 16.5. The van der Waals surface area contributed by atoms with E-state index < -0.39 is 48.3 Å². The number of nitrogens with one attached hydrogen (secondary N) is 3. The number of amides is 3. The van der Waals surface area contributed by atoms with Crippen LogP contribution in [-0.2, 0) is 52.5 Å². The Balaban J connectivity index is 1.17. The zero-order valence-electron chi connectivity index (χ0n) is 32.7. The van der Waals surface area contributed by atoms with Crippen molar-refractivity contribution >= 4 is 24.1 Å². The highest BCUT2D eigenvalue weighted by atomic mass is 19.1. The average molecular weight is 792 g/mol. The van der Waals surface area contributed by atoms with E-state index in [0.29, 0.717) is 45.1 Å². The average Bonchev–Trinajstić information content (AvgIpc) is 3.20. The highest BCUT2D eigenvalue weighted by Crippen LogP contribution is 2.41. The number of benzene rings is 3. The minimum atomic E-state index is -1.15. The second-order valence-electron chi connectivity index (χ2n) is 14.2. The molecule has 2 aliphatic heterocycles. The van der Waals surface area contributed by atoms with E-state index in [-0.39, 0.29) is 57.2 Å². The van der Waals surface area contributed by atoms with Crippen LogP contribution in [0.25, 0.3) is 0 Å². The van der Waals surface area contributed by atoms with Crippen molar-refractivity contribution in [2.75, 3.05) is 33.4 Å². The quantitative estimate of drug-likeness (QED) is 0.104. The second kappa shape index (κ2) is 21.9. The summed E-state index contributed by atoms with van der Waals surface area (Å²) >= 11 is 0.